The van der Waals surface area contributed by atoms with Crippen molar-refractivity contribution >= 4 is 46.5 Å². The van der Waals surface area contributed by atoms with E-state index in [1.54, 1.807) is 31.1 Å². The van der Waals surface area contributed by atoms with Crippen LogP contribution < -0.4 is 15.0 Å². The summed E-state index contributed by atoms with van der Waals surface area (Å²) in [6.45, 7) is 2.15. The normalized spacial score (nSPS) is 15.1. The van der Waals surface area contributed by atoms with E-state index in [0.717, 1.165) is 22.6 Å². The number of rotatable bonds is 10. The molecule has 3 aromatic carbocycles. The van der Waals surface area contributed by atoms with Gasteiger partial charge in [-0.15, -0.1) is 0 Å². The number of carbonyl (C=O) groups is 3. The number of hydrogen-bond acceptors (Lipinski definition) is 6. The molecule has 1 unspecified atom stereocenters. The largest absolute Gasteiger partial charge is 0.497 e. The number of benzene rings is 3. The fourth-order valence-corrected chi connectivity index (χ4v) is 4.89. The van der Waals surface area contributed by atoms with E-state index in [1.165, 1.54) is 36.4 Å². The number of halogens is 3. The number of anilines is 2. The first-order valence-electron chi connectivity index (χ1n) is 13.0. The second-order valence-corrected chi connectivity index (χ2v) is 9.73. The second kappa shape index (κ2) is 13.0. The number of ether oxygens (including phenoxy) is 2. The van der Waals surface area contributed by atoms with Crippen molar-refractivity contribution in [2.75, 3.05) is 30.5 Å². The van der Waals surface area contributed by atoms with Gasteiger partial charge in [-0.25, -0.2) is 4.79 Å². The standard InChI is InChI=1S/C30H28F3N3O5S/c1-3-41-28(39)20-9-11-22(12-10-20)34-26(37)18-25-27(38)36(23-6-4-5-21(17-23)30(31,32)33)29(42)35(25)16-15-19-7-13-24(40-2)14-8-19/h4-14,17,25H,3,15-16,18H2,1-2H3,(H,34,37). The number of amides is 2. The molecule has 42 heavy (non-hydrogen) atoms. The van der Waals surface area contributed by atoms with Crippen molar-refractivity contribution in [1.82, 2.24) is 4.90 Å². The fourth-order valence-electron chi connectivity index (χ4n) is 4.48. The summed E-state index contributed by atoms with van der Waals surface area (Å²) >= 11 is 5.59. The average molecular weight is 600 g/mol. The molecule has 1 fully saturated rings. The fraction of sp³-hybridized carbons (Fsp3) is 0.267. The summed E-state index contributed by atoms with van der Waals surface area (Å²) in [5.41, 5.74) is 0.654. The van der Waals surface area contributed by atoms with Gasteiger partial charge < -0.3 is 19.7 Å². The van der Waals surface area contributed by atoms with Gasteiger partial charge in [0, 0.05) is 12.2 Å². The van der Waals surface area contributed by atoms with Crippen LogP contribution in [0.15, 0.2) is 72.8 Å². The van der Waals surface area contributed by atoms with Crippen LogP contribution in [0, 0.1) is 0 Å². The first-order valence-corrected chi connectivity index (χ1v) is 13.4. The average Bonchev–Trinajstić information content (AvgIpc) is 3.20. The van der Waals surface area contributed by atoms with Gasteiger partial charge >= 0.3 is 12.1 Å². The molecule has 8 nitrogen and oxygen atoms in total. The summed E-state index contributed by atoms with van der Waals surface area (Å²) in [5, 5.41) is 2.70. The van der Waals surface area contributed by atoms with E-state index < -0.39 is 35.6 Å². The third-order valence-corrected chi connectivity index (χ3v) is 7.03. The van der Waals surface area contributed by atoms with Crippen LogP contribution in [-0.4, -0.2) is 54.1 Å². The van der Waals surface area contributed by atoms with Crippen LogP contribution in [-0.2, 0) is 26.9 Å². The van der Waals surface area contributed by atoms with Gasteiger partial charge in [0.1, 0.15) is 11.8 Å². The molecule has 1 atom stereocenters. The lowest BCUT2D eigenvalue weighted by Crippen LogP contribution is -2.39. The second-order valence-electron chi connectivity index (χ2n) is 9.36. The van der Waals surface area contributed by atoms with Crippen molar-refractivity contribution in [3.05, 3.63) is 89.5 Å². The first kappa shape index (κ1) is 30.5. The molecule has 4 rings (SSSR count). The van der Waals surface area contributed by atoms with Crippen LogP contribution in [0.3, 0.4) is 0 Å². The molecule has 1 aliphatic heterocycles. The van der Waals surface area contributed by atoms with Crippen LogP contribution in [0.25, 0.3) is 0 Å². The lowest BCUT2D eigenvalue weighted by molar-refractivity contribution is -0.137. The summed E-state index contributed by atoms with van der Waals surface area (Å²) < 4.78 is 50.4. The number of hydrogen-bond donors (Lipinski definition) is 1. The highest BCUT2D eigenvalue weighted by atomic mass is 32.1. The number of methoxy groups -OCH3 is 1. The van der Waals surface area contributed by atoms with E-state index in [0.29, 0.717) is 23.4 Å². The zero-order valence-corrected chi connectivity index (χ0v) is 23.6. The Kier molecular flexibility index (Phi) is 9.46. The Morgan fingerprint density at radius 2 is 1.71 bits per heavy atom. The number of alkyl halides is 3. The van der Waals surface area contributed by atoms with E-state index in [-0.39, 0.29) is 30.4 Å². The van der Waals surface area contributed by atoms with E-state index in [9.17, 15) is 27.6 Å². The van der Waals surface area contributed by atoms with E-state index in [4.69, 9.17) is 21.7 Å². The SMILES string of the molecule is CCOC(=O)c1ccc(NC(=O)CC2C(=O)N(c3cccc(C(F)(F)F)c3)C(=S)N2CCc2ccc(OC)cc2)cc1. The Hall–Kier alpha value is -4.45. The minimum Gasteiger partial charge on any atom is -0.497 e. The molecule has 1 heterocycles. The molecular weight excluding hydrogens is 571 g/mol. The molecule has 0 spiro atoms. The maximum Gasteiger partial charge on any atom is 0.416 e. The van der Waals surface area contributed by atoms with Crippen molar-refractivity contribution in [3.8, 4) is 5.75 Å². The highest BCUT2D eigenvalue weighted by molar-refractivity contribution is 7.80. The van der Waals surface area contributed by atoms with Gasteiger partial charge in [0.2, 0.25) is 5.91 Å². The molecule has 220 valence electrons. The molecule has 0 radical (unpaired) electrons. The molecule has 0 bridgehead atoms. The lowest BCUT2D eigenvalue weighted by Gasteiger charge is -2.24. The zero-order chi connectivity index (χ0) is 30.4. The Morgan fingerprint density at radius 3 is 2.33 bits per heavy atom. The molecular formula is C30H28F3N3O5S. The quantitative estimate of drug-likeness (QED) is 0.245. The van der Waals surface area contributed by atoms with E-state index >= 15 is 0 Å². The molecule has 0 aliphatic carbocycles. The summed E-state index contributed by atoms with van der Waals surface area (Å²) in [7, 11) is 1.55. The number of esters is 1. The van der Waals surface area contributed by atoms with Gasteiger partial charge in [0.15, 0.2) is 5.11 Å². The Labute approximate surface area is 246 Å². The summed E-state index contributed by atoms with van der Waals surface area (Å²) in [6, 6.07) is 16.6. The van der Waals surface area contributed by atoms with Crippen molar-refractivity contribution in [3.63, 3.8) is 0 Å². The third kappa shape index (κ3) is 7.06. The smallest absolute Gasteiger partial charge is 0.416 e. The molecule has 0 saturated carbocycles. The van der Waals surface area contributed by atoms with Crippen molar-refractivity contribution < 1.29 is 37.0 Å². The number of nitrogens with one attached hydrogen (secondary N) is 1. The number of thiocarbonyl (C=S) groups is 1. The minimum atomic E-state index is -4.61. The minimum absolute atomic E-state index is 0.00410. The predicted octanol–water partition coefficient (Wildman–Crippen LogP) is 5.46. The van der Waals surface area contributed by atoms with Crippen molar-refractivity contribution in [1.29, 1.82) is 0 Å². The van der Waals surface area contributed by atoms with Crippen molar-refractivity contribution in [2.24, 2.45) is 0 Å². The highest BCUT2D eigenvalue weighted by Gasteiger charge is 2.44. The molecule has 1 saturated heterocycles. The number of nitrogens with zero attached hydrogens (tertiary/aromatic N) is 2. The molecule has 12 heteroatoms. The van der Waals surface area contributed by atoms with Crippen LogP contribution in [0.1, 0.15) is 34.8 Å². The Morgan fingerprint density at radius 1 is 1.02 bits per heavy atom. The predicted molar refractivity (Wildman–Crippen MR) is 154 cm³/mol. The Bertz CT molecular complexity index is 1460. The van der Waals surface area contributed by atoms with Gasteiger partial charge in [-0.05, 0) is 85.7 Å². The van der Waals surface area contributed by atoms with E-state index in [2.05, 4.69) is 5.32 Å². The van der Waals surface area contributed by atoms with Gasteiger partial charge in [-0.2, -0.15) is 13.2 Å². The van der Waals surface area contributed by atoms with Gasteiger partial charge in [0.05, 0.1) is 37.0 Å². The maximum absolute atomic E-state index is 13.6. The molecule has 2 amide bonds. The molecule has 0 aromatic heterocycles. The molecule has 1 N–H and O–H groups in total. The highest BCUT2D eigenvalue weighted by Crippen LogP contribution is 2.34. The van der Waals surface area contributed by atoms with Gasteiger partial charge in [-0.1, -0.05) is 18.2 Å². The third-order valence-electron chi connectivity index (χ3n) is 6.61. The van der Waals surface area contributed by atoms with Crippen molar-refractivity contribution in [2.45, 2.75) is 32.0 Å². The number of carbonyl (C=O) groups excluding carboxylic acids is 3. The van der Waals surface area contributed by atoms with Gasteiger partial charge in [0.25, 0.3) is 5.91 Å². The summed E-state index contributed by atoms with van der Waals surface area (Å²) in [6.07, 6.45) is -4.48. The summed E-state index contributed by atoms with van der Waals surface area (Å²) in [5.74, 6) is -0.948. The Balaban J connectivity index is 1.55. The summed E-state index contributed by atoms with van der Waals surface area (Å²) in [4.78, 5) is 41.2. The molecule has 1 aliphatic rings. The first-order chi connectivity index (χ1) is 20.0. The van der Waals surface area contributed by atoms with Crippen LogP contribution in [0.5, 0.6) is 5.75 Å². The lowest BCUT2D eigenvalue weighted by atomic mass is 10.1. The van der Waals surface area contributed by atoms with Crippen LogP contribution in [0.4, 0.5) is 24.5 Å². The van der Waals surface area contributed by atoms with Crippen LogP contribution >= 0.6 is 12.2 Å². The topological polar surface area (TPSA) is 88.2 Å². The molecule has 3 aromatic rings. The maximum atomic E-state index is 13.6. The van der Waals surface area contributed by atoms with Gasteiger partial charge in [-0.3, -0.25) is 14.5 Å². The van der Waals surface area contributed by atoms with E-state index in [1.807, 2.05) is 12.1 Å². The monoisotopic (exact) mass is 599 g/mol. The zero-order valence-electron chi connectivity index (χ0n) is 22.8. The van der Waals surface area contributed by atoms with Crippen LogP contribution in [0.2, 0.25) is 0 Å².